The van der Waals surface area contributed by atoms with Crippen molar-refractivity contribution in [3.05, 3.63) is 0 Å². The number of ether oxygens (including phenoxy) is 1. The Morgan fingerprint density at radius 1 is 1.70 bits per heavy atom. The predicted molar refractivity (Wildman–Crippen MR) is 37.7 cm³/mol. The molecule has 3 nitrogen and oxygen atoms in total. The number of nitrogens with zero attached hydrogens (tertiary/aromatic N) is 1. The first-order chi connectivity index (χ1) is 4.72. The van der Waals surface area contributed by atoms with E-state index in [1.54, 1.807) is 0 Å². The molecule has 0 radical (unpaired) electrons. The van der Waals surface area contributed by atoms with Gasteiger partial charge < -0.3 is 4.74 Å². The minimum atomic E-state index is -0.166. The predicted octanol–water partition coefficient (Wildman–Crippen LogP) is 0.254. The van der Waals surface area contributed by atoms with Gasteiger partial charge in [-0.05, 0) is 6.54 Å². The topological polar surface area (TPSA) is 29.5 Å². The van der Waals surface area contributed by atoms with Gasteiger partial charge in [0.2, 0.25) is 0 Å². The Morgan fingerprint density at radius 3 is 2.70 bits per heavy atom. The van der Waals surface area contributed by atoms with Crippen molar-refractivity contribution in [2.24, 2.45) is 0 Å². The fourth-order valence-corrected chi connectivity index (χ4v) is 1.09. The summed E-state index contributed by atoms with van der Waals surface area (Å²) in [5, 5.41) is 0. The van der Waals surface area contributed by atoms with Gasteiger partial charge in [-0.1, -0.05) is 6.92 Å². The summed E-state index contributed by atoms with van der Waals surface area (Å²) in [6, 6.07) is 0. The lowest BCUT2D eigenvalue weighted by atomic mass is 10.2. The van der Waals surface area contributed by atoms with Crippen LogP contribution in [0, 0.1) is 0 Å². The zero-order chi connectivity index (χ0) is 7.56. The van der Waals surface area contributed by atoms with E-state index in [0.717, 1.165) is 19.6 Å². The Hall–Kier alpha value is -0.570. The molecule has 1 aliphatic heterocycles. The molecule has 3 heteroatoms. The number of esters is 1. The van der Waals surface area contributed by atoms with Crippen molar-refractivity contribution in [2.45, 2.75) is 20.0 Å². The van der Waals surface area contributed by atoms with Crippen molar-refractivity contribution in [1.82, 2.24) is 4.90 Å². The maximum absolute atomic E-state index is 10.4. The molecular formula is C7H13NO2. The normalized spacial score (nSPS) is 20.2. The molecule has 0 atom stereocenters. The fourth-order valence-electron chi connectivity index (χ4n) is 1.09. The zero-order valence-electron chi connectivity index (χ0n) is 6.46. The van der Waals surface area contributed by atoms with Crippen LogP contribution in [0.5, 0.6) is 0 Å². The number of hydrogen-bond acceptors (Lipinski definition) is 3. The van der Waals surface area contributed by atoms with Gasteiger partial charge >= 0.3 is 5.97 Å². The molecule has 0 N–H and O–H groups in total. The van der Waals surface area contributed by atoms with Crippen molar-refractivity contribution < 1.29 is 9.53 Å². The molecule has 0 unspecified atom stereocenters. The van der Waals surface area contributed by atoms with Crippen molar-refractivity contribution >= 4 is 5.97 Å². The van der Waals surface area contributed by atoms with Gasteiger partial charge in [0.25, 0.3) is 0 Å². The molecule has 1 heterocycles. The second-order valence-corrected chi connectivity index (χ2v) is 2.58. The van der Waals surface area contributed by atoms with Crippen LogP contribution in [-0.2, 0) is 9.53 Å². The smallest absolute Gasteiger partial charge is 0.302 e. The average Bonchev–Trinajstić information content (AvgIpc) is 1.76. The van der Waals surface area contributed by atoms with Crippen LogP contribution in [0.1, 0.15) is 13.8 Å². The van der Waals surface area contributed by atoms with Gasteiger partial charge in [-0.15, -0.1) is 0 Å². The van der Waals surface area contributed by atoms with E-state index in [9.17, 15) is 4.79 Å². The number of likely N-dealkylation sites (N-methyl/N-ethyl adjacent to an activating group) is 1. The summed E-state index contributed by atoms with van der Waals surface area (Å²) in [6.07, 6.45) is 0.164. The third-order valence-electron chi connectivity index (χ3n) is 1.70. The lowest BCUT2D eigenvalue weighted by molar-refractivity contribution is -0.154. The van der Waals surface area contributed by atoms with E-state index in [0.29, 0.717) is 0 Å². The van der Waals surface area contributed by atoms with Gasteiger partial charge in [-0.2, -0.15) is 0 Å². The van der Waals surface area contributed by atoms with E-state index < -0.39 is 0 Å². The molecule has 58 valence electrons. The highest BCUT2D eigenvalue weighted by Gasteiger charge is 2.27. The Labute approximate surface area is 61.0 Å². The van der Waals surface area contributed by atoms with Crippen LogP contribution >= 0.6 is 0 Å². The summed E-state index contributed by atoms with van der Waals surface area (Å²) in [7, 11) is 0. The lowest BCUT2D eigenvalue weighted by Gasteiger charge is -2.37. The van der Waals surface area contributed by atoms with E-state index >= 15 is 0 Å². The maximum Gasteiger partial charge on any atom is 0.302 e. The largest absolute Gasteiger partial charge is 0.460 e. The molecule has 1 fully saturated rings. The lowest BCUT2D eigenvalue weighted by Crippen LogP contribution is -2.52. The van der Waals surface area contributed by atoms with Gasteiger partial charge in [0.1, 0.15) is 6.10 Å². The van der Waals surface area contributed by atoms with Gasteiger partial charge in [-0.25, -0.2) is 0 Å². The van der Waals surface area contributed by atoms with Crippen LogP contribution in [0.4, 0.5) is 0 Å². The SMILES string of the molecule is CCN1CC(OC(C)=O)C1. The Kier molecular flexibility index (Phi) is 2.27. The zero-order valence-corrected chi connectivity index (χ0v) is 6.46. The minimum Gasteiger partial charge on any atom is -0.460 e. The van der Waals surface area contributed by atoms with Gasteiger partial charge in [0.15, 0.2) is 0 Å². The Morgan fingerprint density at radius 2 is 2.30 bits per heavy atom. The standard InChI is InChI=1S/C7H13NO2/c1-3-8-4-7(5-8)10-6(2)9/h7H,3-5H2,1-2H3. The quantitative estimate of drug-likeness (QED) is 0.519. The molecule has 0 aromatic rings. The Balaban J connectivity index is 2.08. The fraction of sp³-hybridized carbons (Fsp3) is 0.857. The van der Waals surface area contributed by atoms with E-state index in [1.165, 1.54) is 6.92 Å². The van der Waals surface area contributed by atoms with E-state index in [-0.39, 0.29) is 12.1 Å². The Bertz CT molecular complexity index is 130. The van der Waals surface area contributed by atoms with Crippen LogP contribution in [0.25, 0.3) is 0 Å². The maximum atomic E-state index is 10.4. The van der Waals surface area contributed by atoms with Crippen molar-refractivity contribution in [3.8, 4) is 0 Å². The molecule has 1 aliphatic rings. The summed E-state index contributed by atoms with van der Waals surface area (Å²) < 4.78 is 4.94. The molecule has 0 aromatic heterocycles. The summed E-state index contributed by atoms with van der Waals surface area (Å²) in [5.74, 6) is -0.166. The minimum absolute atomic E-state index is 0.164. The molecule has 10 heavy (non-hydrogen) atoms. The number of likely N-dealkylation sites (tertiary alicyclic amines) is 1. The van der Waals surface area contributed by atoms with Crippen LogP contribution in [0.15, 0.2) is 0 Å². The third-order valence-corrected chi connectivity index (χ3v) is 1.70. The molecule has 0 amide bonds. The highest BCUT2D eigenvalue weighted by molar-refractivity contribution is 5.66. The van der Waals surface area contributed by atoms with Crippen LogP contribution in [0.3, 0.4) is 0 Å². The molecule has 0 aliphatic carbocycles. The number of rotatable bonds is 2. The third kappa shape index (κ3) is 1.70. The van der Waals surface area contributed by atoms with Gasteiger partial charge in [0.05, 0.1) is 0 Å². The summed E-state index contributed by atoms with van der Waals surface area (Å²) in [5.41, 5.74) is 0. The molecular weight excluding hydrogens is 130 g/mol. The molecule has 0 saturated carbocycles. The first kappa shape index (κ1) is 7.54. The van der Waals surface area contributed by atoms with Gasteiger partial charge in [0, 0.05) is 20.0 Å². The number of hydrogen-bond donors (Lipinski definition) is 0. The monoisotopic (exact) mass is 143 g/mol. The molecule has 0 aromatic carbocycles. The molecule has 1 saturated heterocycles. The van der Waals surface area contributed by atoms with E-state index in [4.69, 9.17) is 4.74 Å². The van der Waals surface area contributed by atoms with Crippen molar-refractivity contribution in [1.29, 1.82) is 0 Å². The van der Waals surface area contributed by atoms with Crippen molar-refractivity contribution in [3.63, 3.8) is 0 Å². The second-order valence-electron chi connectivity index (χ2n) is 2.58. The van der Waals surface area contributed by atoms with Crippen molar-refractivity contribution in [2.75, 3.05) is 19.6 Å². The second kappa shape index (κ2) is 3.01. The van der Waals surface area contributed by atoms with E-state index in [2.05, 4.69) is 11.8 Å². The summed E-state index contributed by atoms with van der Waals surface area (Å²) >= 11 is 0. The molecule has 0 spiro atoms. The number of carbonyl (C=O) groups is 1. The summed E-state index contributed by atoms with van der Waals surface area (Å²) in [4.78, 5) is 12.6. The first-order valence-corrected chi connectivity index (χ1v) is 3.62. The van der Waals surface area contributed by atoms with Gasteiger partial charge in [-0.3, -0.25) is 9.69 Å². The van der Waals surface area contributed by atoms with Crippen LogP contribution < -0.4 is 0 Å². The molecule has 0 bridgehead atoms. The molecule has 1 rings (SSSR count). The summed E-state index contributed by atoms with van der Waals surface area (Å²) in [6.45, 7) is 6.43. The highest BCUT2D eigenvalue weighted by Crippen LogP contribution is 2.10. The highest BCUT2D eigenvalue weighted by atomic mass is 16.5. The van der Waals surface area contributed by atoms with Crippen LogP contribution in [-0.4, -0.2) is 36.6 Å². The first-order valence-electron chi connectivity index (χ1n) is 3.62. The van der Waals surface area contributed by atoms with E-state index in [1.807, 2.05) is 0 Å². The average molecular weight is 143 g/mol. The van der Waals surface area contributed by atoms with Crippen LogP contribution in [0.2, 0.25) is 0 Å². The number of carbonyl (C=O) groups excluding carboxylic acids is 1.